The fourth-order valence-corrected chi connectivity index (χ4v) is 6.36. The Bertz CT molecular complexity index is 1240. The summed E-state index contributed by atoms with van der Waals surface area (Å²) >= 11 is 0. The van der Waals surface area contributed by atoms with Crippen LogP contribution in [-0.2, 0) is 11.0 Å². The van der Waals surface area contributed by atoms with Crippen LogP contribution in [0.15, 0.2) is 36.5 Å². The van der Waals surface area contributed by atoms with Crippen LogP contribution in [-0.4, -0.2) is 59.0 Å². The van der Waals surface area contributed by atoms with Crippen LogP contribution in [0.5, 0.6) is 5.75 Å². The van der Waals surface area contributed by atoms with Gasteiger partial charge in [0.2, 0.25) is 5.91 Å². The molecule has 42 heavy (non-hydrogen) atoms. The summed E-state index contributed by atoms with van der Waals surface area (Å²) in [6.07, 6.45) is 6.48. The van der Waals surface area contributed by atoms with Gasteiger partial charge in [-0.05, 0) is 62.6 Å². The van der Waals surface area contributed by atoms with Gasteiger partial charge in [0.1, 0.15) is 17.1 Å². The van der Waals surface area contributed by atoms with Gasteiger partial charge in [-0.3, -0.25) is 14.9 Å². The van der Waals surface area contributed by atoms with Crippen molar-refractivity contribution >= 4 is 23.1 Å². The number of halogens is 3. The van der Waals surface area contributed by atoms with Crippen molar-refractivity contribution < 1.29 is 27.6 Å². The average molecular weight is 590 g/mol. The number of amides is 1. The quantitative estimate of drug-likeness (QED) is 0.280. The normalized spacial score (nSPS) is 22.1. The van der Waals surface area contributed by atoms with Gasteiger partial charge in [0.05, 0.1) is 11.0 Å². The molecule has 9 nitrogen and oxygen atoms in total. The molecule has 3 aliphatic rings. The molecule has 12 heteroatoms. The van der Waals surface area contributed by atoms with E-state index in [1.54, 1.807) is 6.20 Å². The van der Waals surface area contributed by atoms with Crippen LogP contribution in [0.2, 0.25) is 0 Å². The molecule has 0 bridgehead atoms. The molecular formula is C30H38F3N5O4. The number of nitrogens with one attached hydrogen (secondary N) is 1. The van der Waals surface area contributed by atoms with E-state index in [1.165, 1.54) is 38.2 Å². The molecule has 1 N–H and O–H groups in total. The molecule has 1 amide bonds. The Balaban J connectivity index is 1.09. The minimum atomic E-state index is -4.81. The highest BCUT2D eigenvalue weighted by molar-refractivity contribution is 5.76. The molecular weight excluding hydrogens is 551 g/mol. The van der Waals surface area contributed by atoms with Gasteiger partial charge in [-0.15, -0.1) is 0 Å². The van der Waals surface area contributed by atoms with Gasteiger partial charge in [0.25, 0.3) is 5.69 Å². The summed E-state index contributed by atoms with van der Waals surface area (Å²) in [4.78, 5) is 31.5. The molecule has 2 aliphatic carbocycles. The van der Waals surface area contributed by atoms with Crippen molar-refractivity contribution in [2.45, 2.75) is 82.5 Å². The Morgan fingerprint density at radius 2 is 1.71 bits per heavy atom. The number of nitro benzene ring substituents is 1. The van der Waals surface area contributed by atoms with Crippen molar-refractivity contribution in [1.29, 1.82) is 0 Å². The molecule has 2 aromatic rings. The molecule has 0 radical (unpaired) electrons. The number of ether oxygens (including phenoxy) is 1. The first-order chi connectivity index (χ1) is 20.2. The SMILES string of the molecule is O=C(CC1CCCCC1)N1CCN(c2cc(O[C@H]3CC[C@H](Nc4ccc([N+](=O)[O-])c(C(F)(F)F)c4)CC3)ccn2)CC1. The second-order valence-corrected chi connectivity index (χ2v) is 11.6. The Labute approximate surface area is 243 Å². The summed E-state index contributed by atoms with van der Waals surface area (Å²) in [5.74, 6) is 2.35. The van der Waals surface area contributed by atoms with Crippen LogP contribution in [0.1, 0.15) is 69.8 Å². The van der Waals surface area contributed by atoms with Crippen LogP contribution in [0, 0.1) is 16.0 Å². The van der Waals surface area contributed by atoms with Gasteiger partial charge in [0.15, 0.2) is 0 Å². The molecule has 2 heterocycles. The van der Waals surface area contributed by atoms with E-state index in [9.17, 15) is 28.1 Å². The molecule has 1 saturated heterocycles. The number of hydrogen-bond donors (Lipinski definition) is 1. The summed E-state index contributed by atoms with van der Waals surface area (Å²) < 4.78 is 46.2. The van der Waals surface area contributed by atoms with Crippen molar-refractivity contribution in [3.05, 3.63) is 52.2 Å². The Morgan fingerprint density at radius 1 is 1.00 bits per heavy atom. The zero-order chi connectivity index (χ0) is 29.7. The van der Waals surface area contributed by atoms with E-state index < -0.39 is 22.4 Å². The summed E-state index contributed by atoms with van der Waals surface area (Å²) in [5.41, 5.74) is -1.99. The molecule has 228 valence electrons. The molecule has 0 atom stereocenters. The highest BCUT2D eigenvalue weighted by Crippen LogP contribution is 2.38. The number of aromatic nitrogens is 1. The third kappa shape index (κ3) is 7.63. The highest BCUT2D eigenvalue weighted by atomic mass is 19.4. The molecule has 5 rings (SSSR count). The number of nitrogens with zero attached hydrogens (tertiary/aromatic N) is 4. The molecule has 0 spiro atoms. The van der Waals surface area contributed by atoms with Gasteiger partial charge in [-0.1, -0.05) is 19.3 Å². The lowest BCUT2D eigenvalue weighted by molar-refractivity contribution is -0.388. The van der Waals surface area contributed by atoms with Gasteiger partial charge in [-0.2, -0.15) is 13.2 Å². The zero-order valence-electron chi connectivity index (χ0n) is 23.7. The predicted octanol–water partition coefficient (Wildman–Crippen LogP) is 6.43. The first-order valence-electron chi connectivity index (χ1n) is 14.9. The van der Waals surface area contributed by atoms with Crippen LogP contribution in [0.3, 0.4) is 0 Å². The number of nitro groups is 1. The van der Waals surface area contributed by atoms with E-state index in [0.717, 1.165) is 49.6 Å². The number of pyridine rings is 1. The smallest absolute Gasteiger partial charge is 0.423 e. The summed E-state index contributed by atoms with van der Waals surface area (Å²) in [6, 6.07) is 6.73. The van der Waals surface area contributed by atoms with E-state index in [0.29, 0.717) is 38.3 Å². The van der Waals surface area contributed by atoms with Crippen molar-refractivity contribution in [3.63, 3.8) is 0 Å². The van der Waals surface area contributed by atoms with Crippen LogP contribution >= 0.6 is 0 Å². The van der Waals surface area contributed by atoms with Gasteiger partial charge in [-0.25, -0.2) is 4.98 Å². The lowest BCUT2D eigenvalue weighted by Gasteiger charge is -2.36. The number of anilines is 2. The highest BCUT2D eigenvalue weighted by Gasteiger charge is 2.38. The third-order valence-corrected chi connectivity index (χ3v) is 8.71. The minimum Gasteiger partial charge on any atom is -0.490 e. The van der Waals surface area contributed by atoms with E-state index in [4.69, 9.17) is 4.74 Å². The number of alkyl halides is 3. The lowest BCUT2D eigenvalue weighted by atomic mass is 9.86. The molecule has 1 aliphatic heterocycles. The summed E-state index contributed by atoms with van der Waals surface area (Å²) in [6.45, 7) is 2.83. The third-order valence-electron chi connectivity index (χ3n) is 8.71. The fourth-order valence-electron chi connectivity index (χ4n) is 6.36. The van der Waals surface area contributed by atoms with E-state index in [1.807, 2.05) is 17.0 Å². The first kappa shape index (κ1) is 29.9. The Morgan fingerprint density at radius 3 is 2.38 bits per heavy atom. The van der Waals surface area contributed by atoms with Crippen LogP contribution < -0.4 is 15.0 Å². The topological polar surface area (TPSA) is 101 Å². The number of carbonyl (C=O) groups is 1. The Hall–Kier alpha value is -3.57. The number of benzene rings is 1. The van der Waals surface area contributed by atoms with Crippen LogP contribution in [0.25, 0.3) is 0 Å². The molecule has 1 aromatic carbocycles. The van der Waals surface area contributed by atoms with Crippen molar-refractivity contribution in [3.8, 4) is 5.75 Å². The van der Waals surface area contributed by atoms with Gasteiger partial charge in [0, 0.05) is 62.7 Å². The Kier molecular flexibility index (Phi) is 9.37. The van der Waals surface area contributed by atoms with Gasteiger partial charge >= 0.3 is 6.18 Å². The number of rotatable bonds is 8. The maximum atomic E-state index is 13.3. The number of carbonyl (C=O) groups excluding carboxylic acids is 1. The molecule has 1 aromatic heterocycles. The summed E-state index contributed by atoms with van der Waals surface area (Å²) in [7, 11) is 0. The number of hydrogen-bond acceptors (Lipinski definition) is 7. The van der Waals surface area contributed by atoms with E-state index >= 15 is 0 Å². The second-order valence-electron chi connectivity index (χ2n) is 11.6. The average Bonchev–Trinajstić information content (AvgIpc) is 2.98. The fraction of sp³-hybridized carbons (Fsp3) is 0.600. The van der Waals surface area contributed by atoms with E-state index in [-0.39, 0.29) is 23.7 Å². The second kappa shape index (κ2) is 13.2. The zero-order valence-corrected chi connectivity index (χ0v) is 23.7. The molecule has 2 saturated carbocycles. The summed E-state index contributed by atoms with van der Waals surface area (Å²) in [5, 5.41) is 14.1. The van der Waals surface area contributed by atoms with Crippen molar-refractivity contribution in [2.75, 3.05) is 36.4 Å². The first-order valence-corrected chi connectivity index (χ1v) is 14.9. The number of piperazine rings is 1. The molecule has 3 fully saturated rings. The standard InChI is InChI=1S/C30H38F3N5O4/c31-30(32,33)26-19-23(8-11-27(26)38(40)41)35-22-6-9-24(10-7-22)42-25-12-13-34-28(20-25)36-14-16-37(17-15-36)29(39)18-21-4-2-1-3-5-21/h8,11-13,19-22,24,35H,1-7,9-10,14-18H2/t22-,24-. The monoisotopic (exact) mass is 589 g/mol. The molecule has 0 unspecified atom stereocenters. The maximum Gasteiger partial charge on any atom is 0.423 e. The predicted molar refractivity (Wildman–Crippen MR) is 153 cm³/mol. The van der Waals surface area contributed by atoms with Gasteiger partial charge < -0.3 is 19.9 Å². The van der Waals surface area contributed by atoms with Crippen molar-refractivity contribution in [1.82, 2.24) is 9.88 Å². The van der Waals surface area contributed by atoms with E-state index in [2.05, 4.69) is 15.2 Å². The lowest BCUT2D eigenvalue weighted by Crippen LogP contribution is -2.49. The van der Waals surface area contributed by atoms with Crippen molar-refractivity contribution in [2.24, 2.45) is 5.92 Å². The maximum absolute atomic E-state index is 13.3. The largest absolute Gasteiger partial charge is 0.490 e. The minimum absolute atomic E-state index is 0.0323. The van der Waals surface area contributed by atoms with Crippen LogP contribution in [0.4, 0.5) is 30.4 Å².